The third-order valence-electron chi connectivity index (χ3n) is 4.30. The van der Waals surface area contributed by atoms with Gasteiger partial charge in [0.05, 0.1) is 12.2 Å². The summed E-state index contributed by atoms with van der Waals surface area (Å²) in [6.45, 7) is 6.97. The van der Waals surface area contributed by atoms with Crippen molar-refractivity contribution in [2.75, 3.05) is 32.7 Å². The number of halogens is 1. The third-order valence-corrected chi connectivity index (χ3v) is 4.30. The monoisotopic (exact) mass is 346 g/mol. The molecule has 1 saturated heterocycles. The molecule has 2 aromatic rings. The van der Waals surface area contributed by atoms with Crippen LogP contribution >= 0.6 is 0 Å². The van der Waals surface area contributed by atoms with E-state index in [1.807, 2.05) is 13.0 Å². The first kappa shape index (κ1) is 17.6. The van der Waals surface area contributed by atoms with Crippen molar-refractivity contribution in [3.63, 3.8) is 0 Å². The van der Waals surface area contributed by atoms with Crippen molar-refractivity contribution in [3.05, 3.63) is 53.2 Å². The number of nitrogens with zero attached hydrogens (tertiary/aromatic N) is 3. The van der Waals surface area contributed by atoms with Crippen LogP contribution in [0, 0.1) is 12.7 Å². The van der Waals surface area contributed by atoms with Crippen LogP contribution in [0.2, 0.25) is 0 Å². The second-order valence-corrected chi connectivity index (χ2v) is 6.38. The standard InChI is InChI=1S/C18H23FN4O2/c1-14-10-17(21-25-14)12-22-6-8-23(9-7-22)13-18(24)20-11-15-2-4-16(19)5-3-15/h2-5,10H,6-9,11-13H2,1H3,(H,20,24). The highest BCUT2D eigenvalue weighted by Gasteiger charge is 2.19. The van der Waals surface area contributed by atoms with Crippen molar-refractivity contribution < 1.29 is 13.7 Å². The first-order chi connectivity index (χ1) is 12.1. The molecule has 0 bridgehead atoms. The lowest BCUT2D eigenvalue weighted by molar-refractivity contribution is -0.122. The predicted molar refractivity (Wildman–Crippen MR) is 91.2 cm³/mol. The van der Waals surface area contributed by atoms with Gasteiger partial charge in [-0.1, -0.05) is 17.3 Å². The lowest BCUT2D eigenvalue weighted by Crippen LogP contribution is -2.49. The summed E-state index contributed by atoms with van der Waals surface area (Å²) in [5.74, 6) is 0.546. The lowest BCUT2D eigenvalue weighted by Gasteiger charge is -2.33. The van der Waals surface area contributed by atoms with E-state index < -0.39 is 0 Å². The van der Waals surface area contributed by atoms with Crippen LogP contribution in [0.25, 0.3) is 0 Å². The van der Waals surface area contributed by atoms with E-state index in [0.717, 1.165) is 49.7 Å². The van der Waals surface area contributed by atoms with E-state index in [4.69, 9.17) is 4.52 Å². The van der Waals surface area contributed by atoms with Gasteiger partial charge in [0.2, 0.25) is 5.91 Å². The molecule has 0 atom stereocenters. The minimum Gasteiger partial charge on any atom is -0.361 e. The SMILES string of the molecule is Cc1cc(CN2CCN(CC(=O)NCc3ccc(F)cc3)CC2)no1. The highest BCUT2D eigenvalue weighted by atomic mass is 19.1. The van der Waals surface area contributed by atoms with Crippen LogP contribution in [0.4, 0.5) is 4.39 Å². The second kappa shape index (κ2) is 8.22. The highest BCUT2D eigenvalue weighted by molar-refractivity contribution is 5.78. The maximum Gasteiger partial charge on any atom is 0.234 e. The molecule has 0 radical (unpaired) electrons. The fraction of sp³-hybridized carbons (Fsp3) is 0.444. The molecule has 1 amide bonds. The molecule has 1 fully saturated rings. The number of piperazine rings is 1. The molecule has 1 aromatic carbocycles. The molecule has 1 aromatic heterocycles. The molecule has 134 valence electrons. The average molecular weight is 346 g/mol. The van der Waals surface area contributed by atoms with Crippen molar-refractivity contribution in [1.29, 1.82) is 0 Å². The maximum absolute atomic E-state index is 12.9. The zero-order chi connectivity index (χ0) is 17.6. The number of carbonyl (C=O) groups excluding carboxylic acids is 1. The molecule has 0 aliphatic carbocycles. The van der Waals surface area contributed by atoms with Gasteiger partial charge in [-0.15, -0.1) is 0 Å². The van der Waals surface area contributed by atoms with E-state index in [2.05, 4.69) is 20.3 Å². The number of hydrogen-bond acceptors (Lipinski definition) is 5. The van der Waals surface area contributed by atoms with E-state index >= 15 is 0 Å². The minimum absolute atomic E-state index is 0.00935. The summed E-state index contributed by atoms with van der Waals surface area (Å²) >= 11 is 0. The summed E-state index contributed by atoms with van der Waals surface area (Å²) in [6.07, 6.45) is 0. The Morgan fingerprint density at radius 2 is 1.88 bits per heavy atom. The number of aryl methyl sites for hydroxylation is 1. The Kier molecular flexibility index (Phi) is 5.78. The van der Waals surface area contributed by atoms with Gasteiger partial charge in [0.1, 0.15) is 11.6 Å². The second-order valence-electron chi connectivity index (χ2n) is 6.38. The molecule has 2 heterocycles. The van der Waals surface area contributed by atoms with Gasteiger partial charge in [-0.3, -0.25) is 14.6 Å². The molecular formula is C18H23FN4O2. The van der Waals surface area contributed by atoms with Crippen LogP contribution < -0.4 is 5.32 Å². The van der Waals surface area contributed by atoms with Crippen molar-refractivity contribution in [2.45, 2.75) is 20.0 Å². The van der Waals surface area contributed by atoms with Crippen LogP contribution in [-0.2, 0) is 17.9 Å². The summed E-state index contributed by atoms with van der Waals surface area (Å²) < 4.78 is 17.9. The van der Waals surface area contributed by atoms with Crippen molar-refractivity contribution in [2.24, 2.45) is 0 Å². The van der Waals surface area contributed by atoms with Gasteiger partial charge < -0.3 is 9.84 Å². The Morgan fingerprint density at radius 3 is 2.52 bits per heavy atom. The van der Waals surface area contributed by atoms with Crippen LogP contribution in [0.3, 0.4) is 0 Å². The molecule has 1 N–H and O–H groups in total. The first-order valence-corrected chi connectivity index (χ1v) is 8.46. The number of hydrogen-bond donors (Lipinski definition) is 1. The molecule has 0 saturated carbocycles. The van der Waals surface area contributed by atoms with Crippen molar-refractivity contribution in [1.82, 2.24) is 20.3 Å². The highest BCUT2D eigenvalue weighted by Crippen LogP contribution is 2.09. The Bertz CT molecular complexity index is 693. The van der Waals surface area contributed by atoms with E-state index in [0.29, 0.717) is 13.1 Å². The smallest absolute Gasteiger partial charge is 0.234 e. The molecule has 25 heavy (non-hydrogen) atoms. The molecule has 3 rings (SSSR count). The molecule has 1 aliphatic rings. The fourth-order valence-electron chi connectivity index (χ4n) is 2.89. The molecule has 7 heteroatoms. The van der Waals surface area contributed by atoms with Crippen LogP contribution in [0.15, 0.2) is 34.9 Å². The zero-order valence-corrected chi connectivity index (χ0v) is 14.4. The number of aromatic nitrogens is 1. The molecule has 0 unspecified atom stereocenters. The molecule has 6 nitrogen and oxygen atoms in total. The van der Waals surface area contributed by atoms with Crippen molar-refractivity contribution >= 4 is 5.91 Å². The summed E-state index contributed by atoms with van der Waals surface area (Å²) in [5, 5.41) is 6.90. The lowest BCUT2D eigenvalue weighted by atomic mass is 10.2. The quantitative estimate of drug-likeness (QED) is 0.860. The van der Waals surface area contributed by atoms with E-state index in [9.17, 15) is 9.18 Å². The van der Waals surface area contributed by atoms with Crippen LogP contribution in [0.1, 0.15) is 17.0 Å². The topological polar surface area (TPSA) is 61.6 Å². The van der Waals surface area contributed by atoms with Crippen molar-refractivity contribution in [3.8, 4) is 0 Å². The number of benzene rings is 1. The fourth-order valence-corrected chi connectivity index (χ4v) is 2.89. The maximum atomic E-state index is 12.9. The van der Waals surface area contributed by atoms with Gasteiger partial charge in [-0.2, -0.15) is 0 Å². The largest absolute Gasteiger partial charge is 0.361 e. The normalized spacial score (nSPS) is 16.1. The van der Waals surface area contributed by atoms with Gasteiger partial charge in [0, 0.05) is 45.3 Å². The third kappa shape index (κ3) is 5.37. The van der Waals surface area contributed by atoms with Gasteiger partial charge in [0.15, 0.2) is 0 Å². The number of amides is 1. The zero-order valence-electron chi connectivity index (χ0n) is 14.4. The average Bonchev–Trinajstić information content (AvgIpc) is 3.01. The van der Waals surface area contributed by atoms with Crippen LogP contribution in [-0.4, -0.2) is 53.6 Å². The van der Waals surface area contributed by atoms with Gasteiger partial charge in [0.25, 0.3) is 0 Å². The minimum atomic E-state index is -0.270. The summed E-state index contributed by atoms with van der Waals surface area (Å²) in [4.78, 5) is 16.5. The Labute approximate surface area is 146 Å². The Balaban J connectivity index is 1.36. The van der Waals surface area contributed by atoms with Gasteiger partial charge in [-0.25, -0.2) is 4.39 Å². The number of nitrogens with one attached hydrogen (secondary N) is 1. The predicted octanol–water partition coefficient (Wildman–Crippen LogP) is 1.56. The molecule has 1 aliphatic heterocycles. The summed E-state index contributed by atoms with van der Waals surface area (Å²) in [6, 6.07) is 8.11. The molecular weight excluding hydrogens is 323 g/mol. The Morgan fingerprint density at radius 1 is 1.20 bits per heavy atom. The van der Waals surface area contributed by atoms with Gasteiger partial charge in [-0.05, 0) is 24.6 Å². The molecule has 0 spiro atoms. The number of rotatable bonds is 6. The Hall–Kier alpha value is -2.25. The van der Waals surface area contributed by atoms with Crippen LogP contribution in [0.5, 0.6) is 0 Å². The van der Waals surface area contributed by atoms with Gasteiger partial charge >= 0.3 is 0 Å². The van der Waals surface area contributed by atoms with E-state index in [1.54, 1.807) is 12.1 Å². The summed E-state index contributed by atoms with van der Waals surface area (Å²) in [7, 11) is 0. The van der Waals surface area contributed by atoms with E-state index in [1.165, 1.54) is 12.1 Å². The number of carbonyl (C=O) groups is 1. The first-order valence-electron chi connectivity index (χ1n) is 8.46. The summed E-state index contributed by atoms with van der Waals surface area (Å²) in [5.41, 5.74) is 1.84. The van der Waals surface area contributed by atoms with E-state index in [-0.39, 0.29) is 11.7 Å².